The average molecular weight is 559 g/mol. The van der Waals surface area contributed by atoms with Crippen LogP contribution in [0.3, 0.4) is 0 Å². The lowest BCUT2D eigenvalue weighted by Crippen LogP contribution is -2.65. The fraction of sp³-hybridized carbons (Fsp3) is 0.419. The molecule has 0 unspecified atom stereocenters. The van der Waals surface area contributed by atoms with Crippen molar-refractivity contribution in [2.75, 3.05) is 49.6 Å². The third-order valence-electron chi connectivity index (χ3n) is 9.41. The van der Waals surface area contributed by atoms with E-state index in [-0.39, 0.29) is 17.8 Å². The average Bonchev–Trinajstić information content (AvgIpc) is 3.39. The Hall–Kier alpha value is -3.20. The number of benzene rings is 2. The van der Waals surface area contributed by atoms with E-state index in [4.69, 9.17) is 26.3 Å². The second-order valence-electron chi connectivity index (χ2n) is 11.8. The van der Waals surface area contributed by atoms with Crippen molar-refractivity contribution in [1.29, 1.82) is 0 Å². The van der Waals surface area contributed by atoms with Crippen LogP contribution in [0.1, 0.15) is 19.8 Å². The maximum Gasteiger partial charge on any atom is 0.240 e. The Bertz CT molecular complexity index is 1660. The molecule has 2 saturated heterocycles. The molecule has 4 atom stereocenters. The van der Waals surface area contributed by atoms with Crippen LogP contribution < -0.4 is 19.9 Å². The number of halogens is 2. The summed E-state index contributed by atoms with van der Waals surface area (Å²) in [6.07, 6.45) is 4.17. The SMILES string of the molecule is C[C@@H]1CN2c3c4c(nc5c(F)c(-c6cccc7cccc(Cl)c67)ncc35)OC[C@@H]([C@@H]3CCCN3C)N4C[C@H]2CN1. The molecule has 0 bridgehead atoms. The first-order valence-electron chi connectivity index (χ1n) is 14.3. The normalized spacial score (nSPS) is 26.2. The maximum atomic E-state index is 16.6. The number of pyridine rings is 2. The van der Waals surface area contributed by atoms with Crippen LogP contribution in [0.2, 0.25) is 5.02 Å². The predicted molar refractivity (Wildman–Crippen MR) is 158 cm³/mol. The van der Waals surface area contributed by atoms with Crippen LogP contribution in [0.15, 0.2) is 42.6 Å². The van der Waals surface area contributed by atoms with Gasteiger partial charge in [-0.2, -0.15) is 0 Å². The van der Waals surface area contributed by atoms with Crippen molar-refractivity contribution in [2.45, 2.75) is 43.9 Å². The lowest BCUT2D eigenvalue weighted by atomic mass is 9.95. The minimum Gasteiger partial charge on any atom is -0.474 e. The molecule has 7 nitrogen and oxygen atoms in total. The molecule has 0 radical (unpaired) electrons. The summed E-state index contributed by atoms with van der Waals surface area (Å²) in [5.74, 6) is 0.0816. The summed E-state index contributed by atoms with van der Waals surface area (Å²) in [6.45, 7) is 6.47. The Balaban J connectivity index is 1.35. The standard InChI is InChI=1S/C31H32ClFN6O/c1-17-14-38-19(12-34-17)15-39-24(23-10-5-11-37(23)2)16-40-31-30(39)29(38)21-13-35-27(26(33)28(21)36-31)20-8-3-6-18-7-4-9-22(32)25(18)20/h3-4,6-9,13,17,19,23-24,34H,5,10-12,14-16H2,1-2H3/t17-,19-,23+,24+/m1/s1. The summed E-state index contributed by atoms with van der Waals surface area (Å²) in [5.41, 5.74) is 3.22. The third-order valence-corrected chi connectivity index (χ3v) is 9.72. The van der Waals surface area contributed by atoms with Crippen molar-refractivity contribution < 1.29 is 9.13 Å². The van der Waals surface area contributed by atoms with Gasteiger partial charge in [-0.05, 0) is 44.8 Å². The zero-order valence-electron chi connectivity index (χ0n) is 22.7. The molecule has 8 rings (SSSR count). The van der Waals surface area contributed by atoms with Crippen LogP contribution in [-0.2, 0) is 0 Å². The van der Waals surface area contributed by atoms with Crippen molar-refractivity contribution in [2.24, 2.45) is 0 Å². The fourth-order valence-electron chi connectivity index (χ4n) is 7.48. The van der Waals surface area contributed by atoms with Crippen LogP contribution >= 0.6 is 11.6 Å². The number of anilines is 2. The van der Waals surface area contributed by atoms with Crippen molar-refractivity contribution in [3.8, 4) is 17.1 Å². The number of fused-ring (bicyclic) bond motifs is 5. The number of hydrogen-bond donors (Lipinski definition) is 1. The highest BCUT2D eigenvalue weighted by atomic mass is 35.5. The van der Waals surface area contributed by atoms with E-state index in [1.165, 1.54) is 6.42 Å². The molecule has 9 heteroatoms. The van der Waals surface area contributed by atoms with Gasteiger partial charge >= 0.3 is 0 Å². The lowest BCUT2D eigenvalue weighted by molar-refractivity contribution is 0.174. The quantitative estimate of drug-likeness (QED) is 0.368. The van der Waals surface area contributed by atoms with Gasteiger partial charge < -0.3 is 24.8 Å². The van der Waals surface area contributed by atoms with Crippen LogP contribution in [0.5, 0.6) is 5.88 Å². The van der Waals surface area contributed by atoms with Gasteiger partial charge in [0.2, 0.25) is 5.88 Å². The summed E-state index contributed by atoms with van der Waals surface area (Å²) in [7, 11) is 2.22. The molecule has 0 saturated carbocycles. The zero-order chi connectivity index (χ0) is 27.1. The van der Waals surface area contributed by atoms with Gasteiger partial charge in [0.15, 0.2) is 5.82 Å². The number of nitrogens with zero attached hydrogens (tertiary/aromatic N) is 5. The monoisotopic (exact) mass is 558 g/mol. The van der Waals surface area contributed by atoms with Crippen LogP contribution in [0.25, 0.3) is 32.9 Å². The van der Waals surface area contributed by atoms with E-state index in [2.05, 4.69) is 34.0 Å². The number of aromatic nitrogens is 2. The molecule has 1 N–H and O–H groups in total. The van der Waals surface area contributed by atoms with Gasteiger partial charge in [0.1, 0.15) is 23.5 Å². The number of likely N-dealkylation sites (N-methyl/N-ethyl adjacent to an activating group) is 1. The molecule has 0 aliphatic carbocycles. The summed E-state index contributed by atoms with van der Waals surface area (Å²) in [4.78, 5) is 17.0. The Labute approximate surface area is 237 Å². The first-order chi connectivity index (χ1) is 19.5. The molecule has 206 valence electrons. The topological polar surface area (TPSA) is 56.8 Å². The maximum absolute atomic E-state index is 16.6. The van der Waals surface area contributed by atoms with Crippen molar-refractivity contribution >= 4 is 44.7 Å². The lowest BCUT2D eigenvalue weighted by Gasteiger charge is -2.53. The minimum atomic E-state index is -0.443. The summed E-state index contributed by atoms with van der Waals surface area (Å²) in [6, 6.07) is 12.7. The minimum absolute atomic E-state index is 0.231. The van der Waals surface area contributed by atoms with Crippen LogP contribution in [0.4, 0.5) is 15.8 Å². The van der Waals surface area contributed by atoms with Gasteiger partial charge in [0.25, 0.3) is 0 Å². The second-order valence-corrected chi connectivity index (χ2v) is 12.2. The molecule has 2 aromatic heterocycles. The number of ether oxygens (including phenoxy) is 1. The summed E-state index contributed by atoms with van der Waals surface area (Å²) in [5, 5.41) is 6.71. The molecule has 0 amide bonds. The smallest absolute Gasteiger partial charge is 0.240 e. The Morgan fingerprint density at radius 2 is 1.93 bits per heavy atom. The van der Waals surface area contributed by atoms with E-state index < -0.39 is 5.82 Å². The number of piperazine rings is 1. The van der Waals surface area contributed by atoms with E-state index in [1.807, 2.05) is 42.6 Å². The first-order valence-corrected chi connectivity index (χ1v) is 14.7. The molecule has 4 aliphatic heterocycles. The van der Waals surface area contributed by atoms with Gasteiger partial charge in [-0.1, -0.05) is 41.9 Å². The summed E-state index contributed by atoms with van der Waals surface area (Å²) < 4.78 is 23.0. The molecule has 4 aromatic rings. The van der Waals surface area contributed by atoms with Crippen molar-refractivity contribution in [3.63, 3.8) is 0 Å². The third kappa shape index (κ3) is 3.55. The van der Waals surface area contributed by atoms with Crippen molar-refractivity contribution in [3.05, 3.63) is 53.4 Å². The Kier molecular flexibility index (Phi) is 5.63. The van der Waals surface area contributed by atoms with E-state index in [0.29, 0.717) is 40.7 Å². The molecular weight excluding hydrogens is 527 g/mol. The molecule has 2 aromatic carbocycles. The van der Waals surface area contributed by atoms with Gasteiger partial charge in [-0.15, -0.1) is 0 Å². The van der Waals surface area contributed by atoms with Crippen LogP contribution in [0, 0.1) is 5.82 Å². The highest BCUT2D eigenvalue weighted by molar-refractivity contribution is 6.36. The first kappa shape index (κ1) is 24.6. The van der Waals surface area contributed by atoms with Gasteiger partial charge in [0, 0.05) is 59.3 Å². The molecule has 4 aliphatic rings. The molecule has 2 fully saturated rings. The molecule has 0 spiro atoms. The molecular formula is C31H32ClFN6O. The van der Waals surface area contributed by atoms with Crippen LogP contribution in [-0.4, -0.2) is 78.9 Å². The largest absolute Gasteiger partial charge is 0.474 e. The Morgan fingerprint density at radius 1 is 1.07 bits per heavy atom. The van der Waals surface area contributed by atoms with E-state index in [1.54, 1.807) is 0 Å². The predicted octanol–water partition coefficient (Wildman–Crippen LogP) is 5.08. The van der Waals surface area contributed by atoms with Gasteiger partial charge in [-0.3, -0.25) is 4.98 Å². The highest BCUT2D eigenvalue weighted by Crippen LogP contribution is 2.51. The van der Waals surface area contributed by atoms with E-state index in [0.717, 1.165) is 60.1 Å². The second kappa shape index (κ2) is 9.16. The van der Waals surface area contributed by atoms with E-state index in [9.17, 15) is 0 Å². The number of hydrogen-bond acceptors (Lipinski definition) is 7. The molecule has 40 heavy (non-hydrogen) atoms. The van der Waals surface area contributed by atoms with Crippen molar-refractivity contribution in [1.82, 2.24) is 20.2 Å². The molecule has 6 heterocycles. The van der Waals surface area contributed by atoms with Gasteiger partial charge in [0.05, 0.1) is 17.8 Å². The Morgan fingerprint density at radius 3 is 2.75 bits per heavy atom. The summed E-state index contributed by atoms with van der Waals surface area (Å²) >= 11 is 6.61. The fourth-order valence-corrected chi connectivity index (χ4v) is 7.77. The number of likely N-dealkylation sites (tertiary alicyclic amines) is 1. The zero-order valence-corrected chi connectivity index (χ0v) is 23.5. The highest BCUT2D eigenvalue weighted by Gasteiger charge is 2.46. The van der Waals surface area contributed by atoms with E-state index >= 15 is 4.39 Å². The number of nitrogens with one attached hydrogen (secondary N) is 1. The number of rotatable bonds is 2. The van der Waals surface area contributed by atoms with Gasteiger partial charge in [-0.25, -0.2) is 9.37 Å².